The molecule has 1 aliphatic heterocycles. The summed E-state index contributed by atoms with van der Waals surface area (Å²) in [5.74, 6) is 2.07. The monoisotopic (exact) mass is 264 g/mol. The van der Waals surface area contributed by atoms with Crippen LogP contribution in [0, 0.1) is 0 Å². The first-order chi connectivity index (χ1) is 9.10. The Hall–Kier alpha value is -1.56. The molecule has 106 valence electrons. The Balaban J connectivity index is 2.13. The van der Waals surface area contributed by atoms with Crippen LogP contribution in [0.15, 0.2) is 6.07 Å². The van der Waals surface area contributed by atoms with E-state index in [9.17, 15) is 0 Å². The largest absolute Gasteiger partial charge is 0.370 e. The van der Waals surface area contributed by atoms with Crippen LogP contribution in [-0.4, -0.2) is 54.1 Å². The molecule has 1 aliphatic rings. The highest BCUT2D eigenvalue weighted by molar-refractivity contribution is 5.53. The van der Waals surface area contributed by atoms with Gasteiger partial charge in [0, 0.05) is 38.3 Å². The number of nitrogens with zero attached hydrogens (tertiary/aromatic N) is 4. The minimum Gasteiger partial charge on any atom is -0.370 e. The fraction of sp³-hybridized carbons (Fsp3) is 0.692. The van der Waals surface area contributed by atoms with Crippen LogP contribution in [0.1, 0.15) is 20.3 Å². The van der Waals surface area contributed by atoms with Crippen molar-refractivity contribution in [3.63, 3.8) is 0 Å². The molecule has 1 aromatic rings. The number of nitrogens with one attached hydrogen (secondary N) is 1. The Bertz CT molecular complexity index is 422. The Kier molecular flexibility index (Phi) is 4.42. The number of anilines is 3. The summed E-state index contributed by atoms with van der Waals surface area (Å²) in [5, 5.41) is 3.27. The molecule has 0 saturated carbocycles. The lowest BCUT2D eigenvalue weighted by Gasteiger charge is -2.38. The van der Waals surface area contributed by atoms with Gasteiger partial charge in [0.2, 0.25) is 5.95 Å². The van der Waals surface area contributed by atoms with Gasteiger partial charge < -0.3 is 20.9 Å². The van der Waals surface area contributed by atoms with Crippen molar-refractivity contribution in [1.29, 1.82) is 0 Å². The van der Waals surface area contributed by atoms with Crippen molar-refractivity contribution in [3.05, 3.63) is 6.07 Å². The van der Waals surface area contributed by atoms with E-state index in [0.29, 0.717) is 12.0 Å². The van der Waals surface area contributed by atoms with Crippen LogP contribution in [0.4, 0.5) is 17.6 Å². The van der Waals surface area contributed by atoms with E-state index in [1.54, 1.807) is 0 Å². The zero-order chi connectivity index (χ0) is 13.8. The van der Waals surface area contributed by atoms with Gasteiger partial charge in [-0.1, -0.05) is 6.92 Å². The molecule has 0 amide bonds. The second kappa shape index (κ2) is 6.06. The molecular weight excluding hydrogens is 240 g/mol. The van der Waals surface area contributed by atoms with Gasteiger partial charge in [0.05, 0.1) is 0 Å². The minimum atomic E-state index is 0.336. The molecular formula is C13H24N6. The van der Waals surface area contributed by atoms with E-state index in [1.807, 2.05) is 6.07 Å². The van der Waals surface area contributed by atoms with Gasteiger partial charge >= 0.3 is 0 Å². The lowest BCUT2D eigenvalue weighted by Crippen LogP contribution is -2.50. The molecule has 1 saturated heterocycles. The standard InChI is InChI=1S/C13H24N6/c1-4-5-15-11-8-12(17-13(14)16-11)19-7-6-18(3)10(2)9-19/h8,10H,4-7,9H2,1-3H3,(H3,14,15,16,17). The predicted molar refractivity (Wildman–Crippen MR) is 79.5 cm³/mol. The van der Waals surface area contributed by atoms with Crippen LogP contribution in [0.25, 0.3) is 0 Å². The number of piperazine rings is 1. The van der Waals surface area contributed by atoms with Crippen molar-refractivity contribution in [2.45, 2.75) is 26.3 Å². The maximum absolute atomic E-state index is 5.80. The smallest absolute Gasteiger partial charge is 0.223 e. The number of hydrogen-bond acceptors (Lipinski definition) is 6. The lowest BCUT2D eigenvalue weighted by molar-refractivity contribution is 0.233. The van der Waals surface area contributed by atoms with Crippen LogP contribution in [0.3, 0.4) is 0 Å². The fourth-order valence-electron chi connectivity index (χ4n) is 2.21. The number of aromatic nitrogens is 2. The van der Waals surface area contributed by atoms with Crippen molar-refractivity contribution in [3.8, 4) is 0 Å². The molecule has 0 aliphatic carbocycles. The first-order valence-electron chi connectivity index (χ1n) is 6.93. The van der Waals surface area contributed by atoms with E-state index in [-0.39, 0.29) is 0 Å². The highest BCUT2D eigenvalue weighted by Crippen LogP contribution is 2.20. The second-order valence-corrected chi connectivity index (χ2v) is 5.17. The average Bonchev–Trinajstić information content (AvgIpc) is 2.39. The number of hydrogen-bond donors (Lipinski definition) is 2. The Morgan fingerprint density at radius 2 is 2.21 bits per heavy atom. The molecule has 0 bridgehead atoms. The van der Waals surface area contributed by atoms with Crippen LogP contribution in [0.2, 0.25) is 0 Å². The third-order valence-corrected chi connectivity index (χ3v) is 3.57. The normalized spacial score (nSPS) is 20.6. The van der Waals surface area contributed by atoms with E-state index in [0.717, 1.165) is 44.2 Å². The van der Waals surface area contributed by atoms with E-state index in [2.05, 4.69) is 46.0 Å². The van der Waals surface area contributed by atoms with Crippen LogP contribution >= 0.6 is 0 Å². The number of rotatable bonds is 4. The molecule has 2 heterocycles. The maximum atomic E-state index is 5.80. The molecule has 1 aromatic heterocycles. The van der Waals surface area contributed by atoms with Crippen molar-refractivity contribution in [2.75, 3.05) is 49.2 Å². The van der Waals surface area contributed by atoms with Crippen LogP contribution < -0.4 is 16.0 Å². The summed E-state index contributed by atoms with van der Waals surface area (Å²) in [6.45, 7) is 8.25. The zero-order valence-electron chi connectivity index (χ0n) is 12.1. The zero-order valence-corrected chi connectivity index (χ0v) is 12.1. The topological polar surface area (TPSA) is 70.3 Å². The molecule has 1 unspecified atom stereocenters. The molecule has 6 heteroatoms. The molecule has 1 atom stereocenters. The second-order valence-electron chi connectivity index (χ2n) is 5.17. The van der Waals surface area contributed by atoms with Gasteiger partial charge in [0.15, 0.2) is 0 Å². The fourth-order valence-corrected chi connectivity index (χ4v) is 2.21. The summed E-state index contributed by atoms with van der Waals surface area (Å²) in [7, 11) is 2.16. The van der Waals surface area contributed by atoms with Crippen molar-refractivity contribution in [2.24, 2.45) is 0 Å². The molecule has 6 nitrogen and oxygen atoms in total. The highest BCUT2D eigenvalue weighted by Gasteiger charge is 2.22. The summed E-state index contributed by atoms with van der Waals surface area (Å²) >= 11 is 0. The van der Waals surface area contributed by atoms with E-state index >= 15 is 0 Å². The Morgan fingerprint density at radius 1 is 1.42 bits per heavy atom. The van der Waals surface area contributed by atoms with Gasteiger partial charge in [-0.3, -0.25) is 0 Å². The van der Waals surface area contributed by atoms with Gasteiger partial charge in [0.1, 0.15) is 11.6 Å². The molecule has 0 radical (unpaired) electrons. The summed E-state index contributed by atoms with van der Waals surface area (Å²) in [6.07, 6.45) is 1.06. The number of likely N-dealkylation sites (N-methyl/N-ethyl adjacent to an activating group) is 1. The first-order valence-corrected chi connectivity index (χ1v) is 6.93. The quantitative estimate of drug-likeness (QED) is 0.846. The SMILES string of the molecule is CCCNc1cc(N2CCN(C)C(C)C2)nc(N)n1. The van der Waals surface area contributed by atoms with Gasteiger partial charge in [-0.05, 0) is 20.4 Å². The molecule has 2 rings (SSSR count). The molecule has 0 spiro atoms. The molecule has 1 fully saturated rings. The van der Waals surface area contributed by atoms with Crippen LogP contribution in [-0.2, 0) is 0 Å². The Morgan fingerprint density at radius 3 is 2.89 bits per heavy atom. The predicted octanol–water partition coefficient (Wildman–Crippen LogP) is 1.02. The first kappa shape index (κ1) is 13.9. The number of nitrogen functional groups attached to an aromatic ring is 1. The van der Waals surface area contributed by atoms with E-state index in [1.165, 1.54) is 0 Å². The van der Waals surface area contributed by atoms with Crippen molar-refractivity contribution < 1.29 is 0 Å². The third-order valence-electron chi connectivity index (χ3n) is 3.57. The van der Waals surface area contributed by atoms with Gasteiger partial charge in [-0.25, -0.2) is 0 Å². The van der Waals surface area contributed by atoms with Gasteiger partial charge in [-0.15, -0.1) is 0 Å². The summed E-state index contributed by atoms with van der Waals surface area (Å²) in [4.78, 5) is 13.2. The van der Waals surface area contributed by atoms with Gasteiger partial charge in [0.25, 0.3) is 0 Å². The molecule has 3 N–H and O–H groups in total. The maximum Gasteiger partial charge on any atom is 0.223 e. The average molecular weight is 264 g/mol. The lowest BCUT2D eigenvalue weighted by atomic mass is 10.2. The highest BCUT2D eigenvalue weighted by atomic mass is 15.3. The minimum absolute atomic E-state index is 0.336. The van der Waals surface area contributed by atoms with Crippen molar-refractivity contribution in [1.82, 2.24) is 14.9 Å². The van der Waals surface area contributed by atoms with Crippen molar-refractivity contribution >= 4 is 17.6 Å². The molecule has 0 aromatic carbocycles. The summed E-state index contributed by atoms with van der Waals surface area (Å²) < 4.78 is 0. The van der Waals surface area contributed by atoms with E-state index in [4.69, 9.17) is 5.73 Å². The molecule has 19 heavy (non-hydrogen) atoms. The Labute approximate surface area is 115 Å². The van der Waals surface area contributed by atoms with Crippen LogP contribution in [0.5, 0.6) is 0 Å². The summed E-state index contributed by atoms with van der Waals surface area (Å²) in [6, 6.07) is 2.52. The van der Waals surface area contributed by atoms with E-state index < -0.39 is 0 Å². The third kappa shape index (κ3) is 3.47. The number of nitrogens with two attached hydrogens (primary N) is 1. The van der Waals surface area contributed by atoms with Gasteiger partial charge in [-0.2, -0.15) is 9.97 Å². The summed E-state index contributed by atoms with van der Waals surface area (Å²) in [5.41, 5.74) is 5.80.